The predicted octanol–water partition coefficient (Wildman–Crippen LogP) is 0.748. The molecule has 0 fully saturated rings. The zero-order valence-electron chi connectivity index (χ0n) is 11.1. The molecule has 0 aliphatic rings. The van der Waals surface area contributed by atoms with Crippen molar-refractivity contribution in [3.8, 4) is 0 Å². The molecule has 0 spiro atoms. The first kappa shape index (κ1) is 13.6. The highest BCUT2D eigenvalue weighted by Crippen LogP contribution is 2.11. The number of amides is 1. The van der Waals surface area contributed by atoms with Crippen molar-refractivity contribution >= 4 is 11.6 Å². The number of aryl methyl sites for hydroxylation is 1. The molecule has 2 N–H and O–H groups in total. The molecule has 5 nitrogen and oxygen atoms in total. The fourth-order valence-corrected chi connectivity index (χ4v) is 1.61. The Kier molecular flexibility index (Phi) is 5.03. The zero-order valence-corrected chi connectivity index (χ0v) is 11.1. The van der Waals surface area contributed by atoms with E-state index in [1.54, 1.807) is 0 Å². The van der Waals surface area contributed by atoms with Gasteiger partial charge in [0.05, 0.1) is 5.69 Å². The van der Waals surface area contributed by atoms with Crippen LogP contribution in [0.5, 0.6) is 0 Å². The number of nitrogens with one attached hydrogen (secondary N) is 2. The minimum absolute atomic E-state index is 0.0206. The fourth-order valence-electron chi connectivity index (χ4n) is 1.61. The highest BCUT2D eigenvalue weighted by Gasteiger charge is 2.10. The first-order chi connectivity index (χ1) is 8.04. The Morgan fingerprint density at radius 2 is 2.18 bits per heavy atom. The molecule has 1 aromatic heterocycles. The summed E-state index contributed by atoms with van der Waals surface area (Å²) < 4.78 is 1.83. The molecule has 0 radical (unpaired) electrons. The van der Waals surface area contributed by atoms with Gasteiger partial charge in [-0.15, -0.1) is 0 Å². The summed E-state index contributed by atoms with van der Waals surface area (Å²) in [5.41, 5.74) is 1.63. The molecule has 1 aromatic rings. The van der Waals surface area contributed by atoms with Crippen LogP contribution >= 0.6 is 0 Å². The van der Waals surface area contributed by atoms with Crippen LogP contribution in [-0.4, -0.2) is 49.6 Å². The maximum absolute atomic E-state index is 11.9. The number of anilines is 1. The van der Waals surface area contributed by atoms with Gasteiger partial charge in [-0.25, -0.2) is 0 Å². The van der Waals surface area contributed by atoms with Crippen LogP contribution in [0.1, 0.15) is 16.9 Å². The molecule has 0 saturated carbocycles. The van der Waals surface area contributed by atoms with Crippen LogP contribution in [0, 0.1) is 0 Å². The summed E-state index contributed by atoms with van der Waals surface area (Å²) in [5, 5.41) is 5.94. The van der Waals surface area contributed by atoms with Crippen molar-refractivity contribution in [2.45, 2.75) is 6.42 Å². The van der Waals surface area contributed by atoms with Crippen LogP contribution in [0.4, 0.5) is 5.69 Å². The van der Waals surface area contributed by atoms with Gasteiger partial charge in [-0.05, 0) is 33.1 Å². The van der Waals surface area contributed by atoms with Gasteiger partial charge in [0, 0.05) is 26.8 Å². The summed E-state index contributed by atoms with van der Waals surface area (Å²) in [6, 6.07) is 1.85. The summed E-state index contributed by atoms with van der Waals surface area (Å²) in [5.74, 6) is -0.0206. The monoisotopic (exact) mass is 238 g/mol. The second-order valence-electron chi connectivity index (χ2n) is 4.39. The lowest BCUT2D eigenvalue weighted by Crippen LogP contribution is -2.28. The fraction of sp³-hybridized carbons (Fsp3) is 0.583. The molecule has 1 rings (SSSR count). The number of aromatic nitrogens is 1. The quantitative estimate of drug-likeness (QED) is 0.719. The predicted molar refractivity (Wildman–Crippen MR) is 70.5 cm³/mol. The number of rotatable bonds is 6. The van der Waals surface area contributed by atoms with E-state index in [1.807, 2.05) is 45.0 Å². The lowest BCUT2D eigenvalue weighted by atomic mass is 10.3. The van der Waals surface area contributed by atoms with Gasteiger partial charge in [-0.1, -0.05) is 0 Å². The van der Waals surface area contributed by atoms with E-state index in [0.717, 1.165) is 18.7 Å². The smallest absolute Gasteiger partial charge is 0.267 e. The molecular weight excluding hydrogens is 216 g/mol. The molecule has 0 saturated heterocycles. The normalized spacial score (nSPS) is 10.6. The van der Waals surface area contributed by atoms with E-state index >= 15 is 0 Å². The highest BCUT2D eigenvalue weighted by molar-refractivity contribution is 5.93. The number of hydrogen-bond donors (Lipinski definition) is 2. The van der Waals surface area contributed by atoms with Crippen LogP contribution < -0.4 is 10.6 Å². The molecule has 1 amide bonds. The molecule has 0 bridgehead atoms. The second-order valence-corrected chi connectivity index (χ2v) is 4.39. The Morgan fingerprint density at radius 3 is 2.71 bits per heavy atom. The molecule has 0 aliphatic carbocycles. The number of carbonyl (C=O) groups is 1. The zero-order chi connectivity index (χ0) is 12.8. The van der Waals surface area contributed by atoms with Crippen molar-refractivity contribution in [1.82, 2.24) is 14.8 Å². The van der Waals surface area contributed by atoms with Gasteiger partial charge in [0.25, 0.3) is 5.91 Å². The van der Waals surface area contributed by atoms with E-state index < -0.39 is 0 Å². The van der Waals surface area contributed by atoms with Gasteiger partial charge < -0.3 is 20.1 Å². The average molecular weight is 238 g/mol. The minimum atomic E-state index is -0.0206. The van der Waals surface area contributed by atoms with E-state index in [9.17, 15) is 4.79 Å². The van der Waals surface area contributed by atoms with Crippen LogP contribution in [0.15, 0.2) is 12.3 Å². The molecule has 0 aromatic carbocycles. The van der Waals surface area contributed by atoms with Gasteiger partial charge >= 0.3 is 0 Å². The Morgan fingerprint density at radius 1 is 1.47 bits per heavy atom. The third kappa shape index (κ3) is 4.11. The van der Waals surface area contributed by atoms with Gasteiger partial charge in [0.15, 0.2) is 0 Å². The summed E-state index contributed by atoms with van der Waals surface area (Å²) >= 11 is 0. The number of carbonyl (C=O) groups excluding carboxylic acids is 1. The van der Waals surface area contributed by atoms with Crippen LogP contribution in [0.25, 0.3) is 0 Å². The van der Waals surface area contributed by atoms with E-state index in [1.165, 1.54) is 0 Å². The molecule has 0 unspecified atom stereocenters. The van der Waals surface area contributed by atoms with Crippen molar-refractivity contribution in [3.05, 3.63) is 18.0 Å². The lowest BCUT2D eigenvalue weighted by molar-refractivity contribution is 0.0944. The second kappa shape index (κ2) is 6.30. The Bertz CT molecular complexity index is 371. The summed E-state index contributed by atoms with van der Waals surface area (Å²) in [4.78, 5) is 14.0. The van der Waals surface area contributed by atoms with Crippen molar-refractivity contribution < 1.29 is 4.79 Å². The number of hydrogen-bond acceptors (Lipinski definition) is 3. The standard InChI is InChI=1S/C12H22N4O/c1-13-10-8-11(16(4)9-10)12(17)14-6-5-7-15(2)3/h8-9,13H,5-7H2,1-4H3,(H,14,17). The lowest BCUT2D eigenvalue weighted by Gasteiger charge is -2.10. The van der Waals surface area contributed by atoms with E-state index in [2.05, 4.69) is 15.5 Å². The van der Waals surface area contributed by atoms with E-state index in [4.69, 9.17) is 0 Å². The topological polar surface area (TPSA) is 49.3 Å². The number of nitrogens with zero attached hydrogens (tertiary/aromatic N) is 2. The Balaban J connectivity index is 2.44. The highest BCUT2D eigenvalue weighted by atomic mass is 16.1. The minimum Gasteiger partial charge on any atom is -0.387 e. The van der Waals surface area contributed by atoms with Crippen molar-refractivity contribution in [1.29, 1.82) is 0 Å². The largest absolute Gasteiger partial charge is 0.387 e. The maximum atomic E-state index is 11.9. The molecule has 1 heterocycles. The van der Waals surface area contributed by atoms with Gasteiger partial charge in [-0.2, -0.15) is 0 Å². The van der Waals surface area contributed by atoms with Crippen LogP contribution in [-0.2, 0) is 7.05 Å². The first-order valence-corrected chi connectivity index (χ1v) is 5.81. The first-order valence-electron chi connectivity index (χ1n) is 5.81. The Hall–Kier alpha value is -1.49. The van der Waals surface area contributed by atoms with Crippen molar-refractivity contribution in [2.24, 2.45) is 7.05 Å². The summed E-state index contributed by atoms with van der Waals surface area (Å²) in [6.45, 7) is 1.69. The van der Waals surface area contributed by atoms with Gasteiger partial charge in [0.2, 0.25) is 0 Å². The van der Waals surface area contributed by atoms with E-state index in [0.29, 0.717) is 12.2 Å². The van der Waals surface area contributed by atoms with Crippen molar-refractivity contribution in [2.75, 3.05) is 39.5 Å². The molecule has 0 aliphatic heterocycles. The molecule has 5 heteroatoms. The Labute approximate surface area is 103 Å². The molecule has 17 heavy (non-hydrogen) atoms. The van der Waals surface area contributed by atoms with Crippen molar-refractivity contribution in [3.63, 3.8) is 0 Å². The molecule has 0 atom stereocenters. The average Bonchev–Trinajstić information content (AvgIpc) is 2.65. The van der Waals surface area contributed by atoms with Crippen LogP contribution in [0.3, 0.4) is 0 Å². The third-order valence-electron chi connectivity index (χ3n) is 2.59. The maximum Gasteiger partial charge on any atom is 0.267 e. The van der Waals surface area contributed by atoms with E-state index in [-0.39, 0.29) is 5.91 Å². The summed E-state index contributed by atoms with van der Waals surface area (Å²) in [6.07, 6.45) is 2.86. The molecular formula is C12H22N4O. The molecule has 96 valence electrons. The summed E-state index contributed by atoms with van der Waals surface area (Å²) in [7, 11) is 7.76. The third-order valence-corrected chi connectivity index (χ3v) is 2.59. The van der Waals surface area contributed by atoms with Gasteiger partial charge in [-0.3, -0.25) is 4.79 Å². The van der Waals surface area contributed by atoms with Gasteiger partial charge in [0.1, 0.15) is 5.69 Å². The SMILES string of the molecule is CNc1cc(C(=O)NCCCN(C)C)n(C)c1. The van der Waals surface area contributed by atoms with Crippen LogP contribution in [0.2, 0.25) is 0 Å².